The molecule has 1 heterocycles. The zero-order valence-electron chi connectivity index (χ0n) is 10.4. The van der Waals surface area contributed by atoms with Crippen molar-refractivity contribution in [3.05, 3.63) is 70.8 Å². The molecule has 102 valence electrons. The van der Waals surface area contributed by atoms with Crippen molar-refractivity contribution in [1.29, 1.82) is 0 Å². The minimum absolute atomic E-state index is 0.108. The maximum Gasteiger partial charge on any atom is 0.331 e. The summed E-state index contributed by atoms with van der Waals surface area (Å²) in [5, 5.41) is 0.381. The van der Waals surface area contributed by atoms with Crippen molar-refractivity contribution in [3.63, 3.8) is 0 Å². The number of carbonyl (C=O) groups is 1. The lowest BCUT2D eigenvalue weighted by Crippen LogP contribution is -2.00. The number of ether oxygens (including phenoxy) is 1. The molecule has 0 saturated carbocycles. The van der Waals surface area contributed by atoms with Gasteiger partial charge in [0.1, 0.15) is 17.6 Å². The average Bonchev–Trinajstić information content (AvgIpc) is 2.45. The zero-order valence-corrected chi connectivity index (χ0v) is 11.2. The van der Waals surface area contributed by atoms with Crippen LogP contribution in [-0.4, -0.2) is 11.0 Å². The van der Waals surface area contributed by atoms with Crippen LogP contribution in [0, 0.1) is 5.82 Å². The van der Waals surface area contributed by atoms with E-state index in [0.29, 0.717) is 10.7 Å². The lowest BCUT2D eigenvalue weighted by molar-refractivity contribution is -0.138. The highest BCUT2D eigenvalue weighted by Crippen LogP contribution is 2.08. The number of pyridine rings is 1. The Labute approximate surface area is 120 Å². The molecule has 0 fully saturated rings. The SMILES string of the molecule is O=C(/C=C/c1cccc(F)c1)OCc1ccc(Cl)nc1. The first-order chi connectivity index (χ1) is 9.63. The third kappa shape index (κ3) is 4.48. The Bertz CT molecular complexity index is 626. The lowest BCUT2D eigenvalue weighted by atomic mass is 10.2. The molecule has 0 bridgehead atoms. The van der Waals surface area contributed by atoms with Gasteiger partial charge in [0.25, 0.3) is 0 Å². The summed E-state index contributed by atoms with van der Waals surface area (Å²) in [4.78, 5) is 15.4. The van der Waals surface area contributed by atoms with Gasteiger partial charge in [-0.05, 0) is 29.8 Å². The van der Waals surface area contributed by atoms with Crippen molar-refractivity contribution in [2.24, 2.45) is 0 Å². The van der Waals surface area contributed by atoms with Crippen LogP contribution in [0.25, 0.3) is 6.08 Å². The summed E-state index contributed by atoms with van der Waals surface area (Å²) >= 11 is 5.64. The monoisotopic (exact) mass is 291 g/mol. The molecule has 0 atom stereocenters. The Hall–Kier alpha value is -2.20. The standard InChI is InChI=1S/C15H11ClFNO2/c16-14-6-4-12(9-18-14)10-20-15(19)7-5-11-2-1-3-13(17)8-11/h1-9H,10H2/b7-5+. The van der Waals surface area contributed by atoms with Crippen LogP contribution in [0.4, 0.5) is 4.39 Å². The first kappa shape index (κ1) is 14.2. The normalized spacial score (nSPS) is 10.7. The summed E-state index contributed by atoms with van der Waals surface area (Å²) in [6, 6.07) is 9.26. The molecule has 0 saturated heterocycles. The molecule has 0 aliphatic carbocycles. The van der Waals surface area contributed by atoms with Gasteiger partial charge in [-0.2, -0.15) is 0 Å². The summed E-state index contributed by atoms with van der Waals surface area (Å²) in [6.07, 6.45) is 4.27. The molecule has 0 unspecified atom stereocenters. The highest BCUT2D eigenvalue weighted by atomic mass is 35.5. The van der Waals surface area contributed by atoms with Gasteiger partial charge in [-0.1, -0.05) is 29.8 Å². The number of hydrogen-bond acceptors (Lipinski definition) is 3. The van der Waals surface area contributed by atoms with Gasteiger partial charge in [0.15, 0.2) is 0 Å². The molecule has 0 aliphatic heterocycles. The number of benzene rings is 1. The minimum atomic E-state index is -0.510. The van der Waals surface area contributed by atoms with E-state index in [0.717, 1.165) is 5.56 Å². The summed E-state index contributed by atoms with van der Waals surface area (Å²) < 4.78 is 17.9. The van der Waals surface area contributed by atoms with Crippen molar-refractivity contribution < 1.29 is 13.9 Å². The molecule has 0 aliphatic rings. The van der Waals surface area contributed by atoms with E-state index in [1.54, 1.807) is 24.3 Å². The highest BCUT2D eigenvalue weighted by Gasteiger charge is 2.00. The van der Waals surface area contributed by atoms with Gasteiger partial charge in [-0.25, -0.2) is 14.2 Å². The molecule has 0 spiro atoms. The summed E-state index contributed by atoms with van der Waals surface area (Å²) in [6.45, 7) is 0.108. The number of halogens is 2. The summed E-state index contributed by atoms with van der Waals surface area (Å²) in [7, 11) is 0. The Morgan fingerprint density at radius 3 is 2.90 bits per heavy atom. The predicted molar refractivity (Wildman–Crippen MR) is 74.5 cm³/mol. The van der Waals surface area contributed by atoms with Crippen LogP contribution < -0.4 is 0 Å². The van der Waals surface area contributed by atoms with Crippen LogP contribution in [0.2, 0.25) is 5.15 Å². The van der Waals surface area contributed by atoms with Gasteiger partial charge in [0.2, 0.25) is 0 Å². The van der Waals surface area contributed by atoms with Crippen LogP contribution >= 0.6 is 11.6 Å². The average molecular weight is 292 g/mol. The first-order valence-corrected chi connectivity index (χ1v) is 6.22. The predicted octanol–water partition coefficient (Wildman–Crippen LogP) is 3.63. The van der Waals surface area contributed by atoms with Gasteiger partial charge in [0.05, 0.1) is 0 Å². The molecule has 2 aromatic rings. The molecular weight excluding hydrogens is 281 g/mol. The largest absolute Gasteiger partial charge is 0.458 e. The lowest BCUT2D eigenvalue weighted by Gasteiger charge is -2.01. The van der Waals surface area contributed by atoms with Crippen LogP contribution in [0.1, 0.15) is 11.1 Å². The number of hydrogen-bond donors (Lipinski definition) is 0. The number of nitrogens with zero attached hydrogens (tertiary/aromatic N) is 1. The van der Waals surface area contributed by atoms with E-state index >= 15 is 0 Å². The maximum atomic E-state index is 12.9. The van der Waals surface area contributed by atoms with Crippen molar-refractivity contribution >= 4 is 23.6 Å². The van der Waals surface area contributed by atoms with Crippen molar-refractivity contribution in [3.8, 4) is 0 Å². The molecule has 0 N–H and O–H groups in total. The van der Waals surface area contributed by atoms with E-state index in [-0.39, 0.29) is 12.4 Å². The molecule has 5 heteroatoms. The molecule has 1 aromatic heterocycles. The smallest absolute Gasteiger partial charge is 0.331 e. The fourth-order valence-corrected chi connectivity index (χ4v) is 1.58. The van der Waals surface area contributed by atoms with Crippen LogP contribution in [-0.2, 0) is 16.1 Å². The molecule has 1 aromatic carbocycles. The van der Waals surface area contributed by atoms with Crippen molar-refractivity contribution in [1.82, 2.24) is 4.98 Å². The number of rotatable bonds is 4. The molecule has 0 amide bonds. The molecule has 3 nitrogen and oxygen atoms in total. The minimum Gasteiger partial charge on any atom is -0.458 e. The summed E-state index contributed by atoms with van der Waals surface area (Å²) in [5.41, 5.74) is 1.33. The van der Waals surface area contributed by atoms with Crippen molar-refractivity contribution in [2.45, 2.75) is 6.61 Å². The number of aromatic nitrogens is 1. The van der Waals surface area contributed by atoms with E-state index in [9.17, 15) is 9.18 Å². The molecule has 20 heavy (non-hydrogen) atoms. The first-order valence-electron chi connectivity index (χ1n) is 5.84. The maximum absolute atomic E-state index is 12.9. The third-order valence-electron chi connectivity index (χ3n) is 2.43. The number of carbonyl (C=O) groups excluding carboxylic acids is 1. The van der Waals surface area contributed by atoms with Crippen molar-refractivity contribution in [2.75, 3.05) is 0 Å². The van der Waals surface area contributed by atoms with E-state index < -0.39 is 5.97 Å². The van der Waals surface area contributed by atoms with Gasteiger partial charge in [-0.3, -0.25) is 0 Å². The molecule has 0 radical (unpaired) electrons. The van der Waals surface area contributed by atoms with E-state index in [1.807, 2.05) is 0 Å². The van der Waals surface area contributed by atoms with Crippen LogP contribution in [0.3, 0.4) is 0 Å². The topological polar surface area (TPSA) is 39.2 Å². The fourth-order valence-electron chi connectivity index (χ4n) is 1.47. The van der Waals surface area contributed by atoms with Crippen LogP contribution in [0.15, 0.2) is 48.7 Å². The van der Waals surface area contributed by atoms with Crippen LogP contribution in [0.5, 0.6) is 0 Å². The van der Waals surface area contributed by atoms with Gasteiger partial charge in [-0.15, -0.1) is 0 Å². The highest BCUT2D eigenvalue weighted by molar-refractivity contribution is 6.29. The van der Waals surface area contributed by atoms with E-state index in [2.05, 4.69) is 4.98 Å². The third-order valence-corrected chi connectivity index (χ3v) is 2.65. The van der Waals surface area contributed by atoms with E-state index in [1.165, 1.54) is 30.5 Å². The Balaban J connectivity index is 1.88. The Kier molecular flexibility index (Phi) is 4.85. The Morgan fingerprint density at radius 2 is 2.20 bits per heavy atom. The molecule has 2 rings (SSSR count). The molecular formula is C15H11ClFNO2. The number of esters is 1. The fraction of sp³-hybridized carbons (Fsp3) is 0.0667. The quantitative estimate of drug-likeness (QED) is 0.490. The second-order valence-corrected chi connectivity index (χ2v) is 4.37. The Morgan fingerprint density at radius 1 is 1.35 bits per heavy atom. The summed E-state index contributed by atoms with van der Waals surface area (Å²) in [5.74, 6) is -0.864. The van der Waals surface area contributed by atoms with E-state index in [4.69, 9.17) is 16.3 Å². The second kappa shape index (κ2) is 6.82. The van der Waals surface area contributed by atoms with Gasteiger partial charge >= 0.3 is 5.97 Å². The van der Waals surface area contributed by atoms with Gasteiger partial charge in [0, 0.05) is 17.8 Å². The second-order valence-electron chi connectivity index (χ2n) is 3.99. The van der Waals surface area contributed by atoms with Gasteiger partial charge < -0.3 is 4.74 Å². The zero-order chi connectivity index (χ0) is 14.4.